The number of halogens is 1. The van der Waals surface area contributed by atoms with Crippen molar-refractivity contribution in [2.75, 3.05) is 39.8 Å². The average molecular weight is 404 g/mol. The fourth-order valence-corrected chi connectivity index (χ4v) is 2.73. The van der Waals surface area contributed by atoms with Crippen LogP contribution in [-0.4, -0.2) is 61.9 Å². The molecule has 1 aliphatic heterocycles. The number of nitrogens with zero attached hydrogens (tertiary/aromatic N) is 3. The lowest BCUT2D eigenvalue weighted by molar-refractivity contribution is -0.142. The van der Waals surface area contributed by atoms with Crippen LogP contribution in [-0.2, 0) is 9.53 Å². The van der Waals surface area contributed by atoms with Gasteiger partial charge in [-0.2, -0.15) is 0 Å². The number of carbonyl (C=O) groups is 1. The van der Waals surface area contributed by atoms with Gasteiger partial charge in [0, 0.05) is 31.2 Å². The summed E-state index contributed by atoms with van der Waals surface area (Å²) in [5, 5.41) is 0.648. The second-order valence-corrected chi connectivity index (χ2v) is 6.58. The molecule has 0 N–H and O–H groups in total. The average Bonchev–Trinajstić information content (AvgIpc) is 2.72. The smallest absolute Gasteiger partial charge is 0.319 e. The van der Waals surface area contributed by atoms with Crippen molar-refractivity contribution in [3.05, 3.63) is 65.6 Å². The van der Waals surface area contributed by atoms with Crippen molar-refractivity contribution in [3.8, 4) is 5.75 Å². The van der Waals surface area contributed by atoms with Crippen LogP contribution in [0.2, 0.25) is 5.02 Å². The monoisotopic (exact) mass is 403 g/mol. The van der Waals surface area contributed by atoms with Crippen molar-refractivity contribution >= 4 is 23.9 Å². The van der Waals surface area contributed by atoms with Gasteiger partial charge in [-0.3, -0.25) is 9.69 Å². The van der Waals surface area contributed by atoms with Crippen molar-refractivity contribution in [3.63, 3.8) is 0 Å². The molecular weight excluding hydrogens is 378 g/mol. The predicted octanol–water partition coefficient (Wildman–Crippen LogP) is 3.51. The minimum atomic E-state index is -0.213. The van der Waals surface area contributed by atoms with Crippen molar-refractivity contribution in [1.29, 1.82) is 0 Å². The summed E-state index contributed by atoms with van der Waals surface area (Å²) in [6.45, 7) is 9.20. The van der Waals surface area contributed by atoms with Crippen molar-refractivity contribution < 1.29 is 14.3 Å². The van der Waals surface area contributed by atoms with E-state index in [1.165, 1.54) is 7.11 Å². The summed E-state index contributed by atoms with van der Waals surface area (Å²) >= 11 is 5.92. The molecule has 2 rings (SSSR count). The van der Waals surface area contributed by atoms with Gasteiger partial charge in [-0.25, -0.2) is 4.99 Å². The van der Waals surface area contributed by atoms with Crippen LogP contribution in [0.1, 0.15) is 6.92 Å². The topological polar surface area (TPSA) is 54.4 Å². The van der Waals surface area contributed by atoms with Crippen molar-refractivity contribution in [2.24, 2.45) is 4.99 Å². The Labute approximate surface area is 171 Å². The van der Waals surface area contributed by atoms with Crippen LogP contribution in [0.15, 0.2) is 65.5 Å². The minimum absolute atomic E-state index is 0.213. The van der Waals surface area contributed by atoms with Gasteiger partial charge >= 0.3 is 5.97 Å². The van der Waals surface area contributed by atoms with Crippen LogP contribution in [0.5, 0.6) is 5.75 Å². The Hall–Kier alpha value is -2.57. The van der Waals surface area contributed by atoms with Crippen LogP contribution in [0, 0.1) is 0 Å². The SMILES string of the molecule is C=C/C(Oc1ccc(Cl)cc1)=C(\C=C/C)N=CN1CCN(CC(=O)OC)CC1. The molecule has 0 aromatic heterocycles. The Balaban J connectivity index is 2.04. The first-order chi connectivity index (χ1) is 13.5. The number of hydrogen-bond acceptors (Lipinski definition) is 5. The van der Waals surface area contributed by atoms with E-state index in [0.717, 1.165) is 26.2 Å². The largest absolute Gasteiger partial charge is 0.468 e. The lowest BCUT2D eigenvalue weighted by Gasteiger charge is -2.32. The molecule has 28 heavy (non-hydrogen) atoms. The van der Waals surface area contributed by atoms with Gasteiger partial charge in [0.05, 0.1) is 20.0 Å². The lowest BCUT2D eigenvalue weighted by atomic mass is 10.3. The van der Waals surface area contributed by atoms with Gasteiger partial charge < -0.3 is 14.4 Å². The molecule has 0 atom stereocenters. The fraction of sp³-hybridized carbons (Fsp3) is 0.333. The Morgan fingerprint density at radius 3 is 2.50 bits per heavy atom. The normalized spacial score (nSPS) is 16.3. The fourth-order valence-electron chi connectivity index (χ4n) is 2.60. The van der Waals surface area contributed by atoms with E-state index in [1.54, 1.807) is 36.7 Å². The van der Waals surface area contributed by atoms with Crippen LogP contribution in [0.25, 0.3) is 0 Å². The van der Waals surface area contributed by atoms with Gasteiger partial charge in [0.25, 0.3) is 0 Å². The zero-order valence-electron chi connectivity index (χ0n) is 16.3. The first-order valence-electron chi connectivity index (χ1n) is 9.06. The number of ether oxygens (including phenoxy) is 2. The first kappa shape index (κ1) is 21.7. The molecule has 1 aromatic rings. The summed E-state index contributed by atoms with van der Waals surface area (Å²) in [6.07, 6.45) is 7.21. The molecule has 0 bridgehead atoms. The molecule has 0 spiro atoms. The van der Waals surface area contributed by atoms with E-state index in [9.17, 15) is 4.79 Å². The maximum atomic E-state index is 11.4. The van der Waals surface area contributed by atoms with Gasteiger partial charge in [0.15, 0.2) is 5.76 Å². The number of hydrogen-bond donors (Lipinski definition) is 0. The van der Waals surface area contributed by atoms with E-state index in [1.807, 2.05) is 19.1 Å². The molecule has 0 radical (unpaired) electrons. The number of esters is 1. The maximum absolute atomic E-state index is 11.4. The van der Waals surface area contributed by atoms with Crippen molar-refractivity contribution in [1.82, 2.24) is 9.80 Å². The quantitative estimate of drug-likeness (QED) is 0.218. The molecule has 0 amide bonds. The van der Waals surface area contributed by atoms with E-state index >= 15 is 0 Å². The van der Waals surface area contributed by atoms with E-state index in [0.29, 0.717) is 28.8 Å². The molecule has 0 unspecified atom stereocenters. The third kappa shape index (κ3) is 6.87. The number of piperazine rings is 1. The molecule has 1 aliphatic rings. The number of benzene rings is 1. The number of aliphatic imine (C=N–C) groups is 1. The van der Waals surface area contributed by atoms with Gasteiger partial charge in [0.2, 0.25) is 0 Å². The first-order valence-corrected chi connectivity index (χ1v) is 9.43. The highest BCUT2D eigenvalue weighted by molar-refractivity contribution is 6.30. The van der Waals surface area contributed by atoms with Crippen LogP contribution in [0.4, 0.5) is 0 Å². The number of methoxy groups -OCH3 is 1. The zero-order chi connectivity index (χ0) is 20.4. The summed E-state index contributed by atoms with van der Waals surface area (Å²) in [5.41, 5.74) is 0.671. The Morgan fingerprint density at radius 1 is 1.25 bits per heavy atom. The number of allylic oxidation sites excluding steroid dienone is 3. The molecular formula is C21H26ClN3O3. The third-order valence-corrected chi connectivity index (χ3v) is 4.40. The summed E-state index contributed by atoms with van der Waals surface area (Å²) in [7, 11) is 1.41. The van der Waals surface area contributed by atoms with E-state index in [4.69, 9.17) is 21.1 Å². The van der Waals surface area contributed by atoms with Crippen LogP contribution < -0.4 is 4.74 Å². The molecule has 1 saturated heterocycles. The van der Waals surface area contributed by atoms with E-state index < -0.39 is 0 Å². The van der Waals surface area contributed by atoms with Gasteiger partial charge in [-0.05, 0) is 43.3 Å². The highest BCUT2D eigenvalue weighted by Gasteiger charge is 2.17. The Morgan fingerprint density at radius 2 is 1.93 bits per heavy atom. The van der Waals surface area contributed by atoms with Crippen LogP contribution in [0.3, 0.4) is 0 Å². The van der Waals surface area contributed by atoms with E-state index in [2.05, 4.69) is 21.4 Å². The molecule has 1 heterocycles. The molecule has 150 valence electrons. The molecule has 0 saturated carbocycles. The molecule has 6 nitrogen and oxygen atoms in total. The Kier molecular flexibility index (Phi) is 8.78. The lowest BCUT2D eigenvalue weighted by Crippen LogP contribution is -2.47. The van der Waals surface area contributed by atoms with Gasteiger partial charge in [0.1, 0.15) is 11.4 Å². The summed E-state index contributed by atoms with van der Waals surface area (Å²) < 4.78 is 10.6. The molecule has 1 aromatic carbocycles. The second kappa shape index (κ2) is 11.3. The van der Waals surface area contributed by atoms with Gasteiger partial charge in [-0.15, -0.1) is 0 Å². The second-order valence-electron chi connectivity index (χ2n) is 6.14. The standard InChI is InChI=1S/C21H26ClN3O3/c1-4-6-19(20(5-2)28-18-9-7-17(22)8-10-18)23-16-25-13-11-24(12-14-25)15-21(26)27-3/h4-10,16H,2,11-15H2,1,3H3/b6-4-,20-19-,23-16?. The van der Waals surface area contributed by atoms with Crippen molar-refractivity contribution in [2.45, 2.75) is 6.92 Å². The summed E-state index contributed by atoms with van der Waals surface area (Å²) in [6, 6.07) is 7.13. The Bertz CT molecular complexity index is 749. The summed E-state index contributed by atoms with van der Waals surface area (Å²) in [4.78, 5) is 20.1. The summed E-state index contributed by atoms with van der Waals surface area (Å²) in [5.74, 6) is 1.00. The molecule has 0 aliphatic carbocycles. The number of rotatable bonds is 8. The third-order valence-electron chi connectivity index (χ3n) is 4.15. The molecule has 1 fully saturated rings. The highest BCUT2D eigenvalue weighted by Crippen LogP contribution is 2.20. The van der Waals surface area contributed by atoms with Crippen LogP contribution >= 0.6 is 11.6 Å². The van der Waals surface area contributed by atoms with E-state index in [-0.39, 0.29) is 5.97 Å². The zero-order valence-corrected chi connectivity index (χ0v) is 17.1. The predicted molar refractivity (Wildman–Crippen MR) is 113 cm³/mol. The number of carbonyl (C=O) groups excluding carboxylic acids is 1. The molecule has 7 heteroatoms. The van der Waals surface area contributed by atoms with Gasteiger partial charge in [-0.1, -0.05) is 24.3 Å². The highest BCUT2D eigenvalue weighted by atomic mass is 35.5. The minimum Gasteiger partial charge on any atom is -0.468 e. The maximum Gasteiger partial charge on any atom is 0.319 e.